The molecule has 0 spiro atoms. The Morgan fingerprint density at radius 2 is 1.85 bits per heavy atom. The SMILES string of the molecule is CCN(CCNC)c1ccc(NC(=O)OCCc2nc3ccccc3n2CCOC(=O)C(C)(C)CC)c(C)c1. The quantitative estimate of drug-likeness (QED) is 0.274. The Hall–Kier alpha value is -3.59. The number of hydrogen-bond acceptors (Lipinski definition) is 7. The van der Waals surface area contributed by atoms with Crippen molar-refractivity contribution in [2.45, 2.75) is 54.0 Å². The summed E-state index contributed by atoms with van der Waals surface area (Å²) in [6.45, 7) is 13.4. The molecule has 0 aliphatic heterocycles. The number of aromatic nitrogens is 2. The van der Waals surface area contributed by atoms with E-state index in [-0.39, 0.29) is 19.2 Å². The molecule has 1 aromatic heterocycles. The summed E-state index contributed by atoms with van der Waals surface area (Å²) in [6.07, 6.45) is 0.639. The maximum Gasteiger partial charge on any atom is 0.411 e. The van der Waals surface area contributed by atoms with E-state index in [2.05, 4.69) is 28.5 Å². The minimum absolute atomic E-state index is 0.169. The largest absolute Gasteiger partial charge is 0.463 e. The lowest BCUT2D eigenvalue weighted by molar-refractivity contribution is -0.154. The molecule has 0 saturated carbocycles. The number of carbonyl (C=O) groups excluding carboxylic acids is 2. The number of ether oxygens (including phenoxy) is 2. The van der Waals surface area contributed by atoms with Crippen molar-refractivity contribution in [3.63, 3.8) is 0 Å². The second-order valence-corrected chi connectivity index (χ2v) is 10.2. The van der Waals surface area contributed by atoms with Gasteiger partial charge in [-0.15, -0.1) is 0 Å². The molecule has 39 heavy (non-hydrogen) atoms. The Labute approximate surface area is 231 Å². The predicted molar refractivity (Wildman–Crippen MR) is 156 cm³/mol. The van der Waals surface area contributed by atoms with Crippen molar-refractivity contribution in [3.8, 4) is 0 Å². The number of nitrogens with one attached hydrogen (secondary N) is 2. The number of aryl methyl sites for hydroxylation is 1. The monoisotopic (exact) mass is 537 g/mol. The second kappa shape index (κ2) is 14.0. The molecular weight excluding hydrogens is 494 g/mol. The average Bonchev–Trinajstić information content (AvgIpc) is 3.27. The van der Waals surface area contributed by atoms with E-state index in [1.54, 1.807) is 0 Å². The van der Waals surface area contributed by atoms with Gasteiger partial charge in [-0.3, -0.25) is 10.1 Å². The fourth-order valence-electron chi connectivity index (χ4n) is 4.22. The molecule has 0 fully saturated rings. The van der Waals surface area contributed by atoms with Gasteiger partial charge in [0, 0.05) is 37.4 Å². The van der Waals surface area contributed by atoms with Crippen LogP contribution in [-0.4, -0.2) is 61.5 Å². The van der Waals surface area contributed by atoms with Crippen LogP contribution in [0.4, 0.5) is 16.2 Å². The normalized spacial score (nSPS) is 11.4. The van der Waals surface area contributed by atoms with Crippen LogP contribution in [0, 0.1) is 12.3 Å². The van der Waals surface area contributed by atoms with Crippen LogP contribution in [0.2, 0.25) is 0 Å². The van der Waals surface area contributed by atoms with Gasteiger partial charge in [0.2, 0.25) is 0 Å². The number of esters is 1. The number of anilines is 2. The number of hydrogen-bond donors (Lipinski definition) is 2. The molecule has 0 saturated heterocycles. The molecule has 2 aromatic carbocycles. The van der Waals surface area contributed by atoms with Crippen LogP contribution in [0.25, 0.3) is 11.0 Å². The minimum Gasteiger partial charge on any atom is -0.463 e. The number of nitrogens with zero attached hydrogens (tertiary/aromatic N) is 3. The van der Waals surface area contributed by atoms with Crippen LogP contribution >= 0.6 is 0 Å². The lowest BCUT2D eigenvalue weighted by Gasteiger charge is -2.24. The van der Waals surface area contributed by atoms with Gasteiger partial charge in [-0.05, 0) is 77.1 Å². The van der Waals surface area contributed by atoms with Gasteiger partial charge in [0.15, 0.2) is 0 Å². The predicted octanol–water partition coefficient (Wildman–Crippen LogP) is 5.16. The molecule has 3 aromatic rings. The lowest BCUT2D eigenvalue weighted by Crippen LogP contribution is -2.30. The van der Waals surface area contributed by atoms with E-state index in [1.165, 1.54) is 0 Å². The van der Waals surface area contributed by atoms with E-state index in [1.807, 2.05) is 75.7 Å². The van der Waals surface area contributed by atoms with Crippen LogP contribution in [0.5, 0.6) is 0 Å². The Morgan fingerprint density at radius 1 is 1.08 bits per heavy atom. The minimum atomic E-state index is -0.512. The van der Waals surface area contributed by atoms with E-state index in [4.69, 9.17) is 14.5 Å². The van der Waals surface area contributed by atoms with Crippen molar-refractivity contribution in [3.05, 3.63) is 53.9 Å². The zero-order valence-corrected chi connectivity index (χ0v) is 24.2. The Bertz CT molecular complexity index is 1250. The first kappa shape index (κ1) is 30.0. The van der Waals surface area contributed by atoms with Crippen LogP contribution in [-0.2, 0) is 27.2 Å². The Morgan fingerprint density at radius 3 is 2.54 bits per heavy atom. The highest BCUT2D eigenvalue weighted by Crippen LogP contribution is 2.24. The van der Waals surface area contributed by atoms with Crippen molar-refractivity contribution in [1.82, 2.24) is 14.9 Å². The van der Waals surface area contributed by atoms with Crippen molar-refractivity contribution >= 4 is 34.5 Å². The molecule has 0 unspecified atom stereocenters. The van der Waals surface area contributed by atoms with Crippen LogP contribution < -0.4 is 15.5 Å². The summed E-state index contributed by atoms with van der Waals surface area (Å²) in [4.78, 5) is 32.0. The first-order chi connectivity index (χ1) is 18.7. The fourth-order valence-corrected chi connectivity index (χ4v) is 4.22. The van der Waals surface area contributed by atoms with E-state index in [0.717, 1.165) is 53.4 Å². The van der Waals surface area contributed by atoms with Crippen molar-refractivity contribution in [1.29, 1.82) is 0 Å². The highest BCUT2D eigenvalue weighted by atomic mass is 16.5. The number of benzene rings is 2. The van der Waals surface area contributed by atoms with E-state index < -0.39 is 11.5 Å². The first-order valence-corrected chi connectivity index (χ1v) is 13.8. The van der Waals surface area contributed by atoms with Gasteiger partial charge in [0.1, 0.15) is 19.0 Å². The first-order valence-electron chi connectivity index (χ1n) is 13.8. The fraction of sp³-hybridized carbons (Fsp3) is 0.500. The number of amides is 1. The molecule has 0 atom stereocenters. The zero-order valence-electron chi connectivity index (χ0n) is 24.2. The summed E-state index contributed by atoms with van der Waals surface area (Å²) in [5.74, 6) is 0.566. The summed E-state index contributed by atoms with van der Waals surface area (Å²) in [6, 6.07) is 13.8. The maximum absolute atomic E-state index is 12.6. The molecule has 1 heterocycles. The van der Waals surface area contributed by atoms with Crippen LogP contribution in [0.1, 0.15) is 45.5 Å². The third-order valence-corrected chi connectivity index (χ3v) is 7.10. The number of imidazole rings is 1. The second-order valence-electron chi connectivity index (χ2n) is 10.2. The lowest BCUT2D eigenvalue weighted by atomic mass is 9.91. The third kappa shape index (κ3) is 7.95. The summed E-state index contributed by atoms with van der Waals surface area (Å²) in [7, 11) is 1.94. The number of carbonyl (C=O) groups is 2. The van der Waals surface area contributed by atoms with Gasteiger partial charge >= 0.3 is 12.1 Å². The molecular formula is C30H43N5O4. The van der Waals surface area contributed by atoms with Crippen LogP contribution in [0.3, 0.4) is 0 Å². The van der Waals surface area contributed by atoms with Gasteiger partial charge in [-0.1, -0.05) is 19.1 Å². The molecule has 0 aliphatic carbocycles. The summed E-state index contributed by atoms with van der Waals surface area (Å²) in [5, 5.41) is 6.03. The van der Waals surface area contributed by atoms with Gasteiger partial charge in [-0.2, -0.15) is 0 Å². The van der Waals surface area contributed by atoms with E-state index in [0.29, 0.717) is 19.4 Å². The zero-order chi connectivity index (χ0) is 28.4. The number of rotatable bonds is 14. The average molecular weight is 538 g/mol. The summed E-state index contributed by atoms with van der Waals surface area (Å²) >= 11 is 0. The summed E-state index contributed by atoms with van der Waals surface area (Å²) < 4.78 is 13.1. The van der Waals surface area contributed by atoms with Gasteiger partial charge in [0.05, 0.1) is 23.0 Å². The molecule has 2 N–H and O–H groups in total. The van der Waals surface area contributed by atoms with Gasteiger partial charge in [0.25, 0.3) is 0 Å². The highest BCUT2D eigenvalue weighted by Gasteiger charge is 2.27. The number of likely N-dealkylation sites (N-methyl/N-ethyl adjacent to an activating group) is 2. The molecule has 3 rings (SSSR count). The molecule has 0 aliphatic rings. The molecule has 9 nitrogen and oxygen atoms in total. The molecule has 0 radical (unpaired) electrons. The summed E-state index contributed by atoms with van der Waals surface area (Å²) in [5.41, 5.74) is 4.10. The molecule has 9 heteroatoms. The van der Waals surface area contributed by atoms with Crippen LogP contribution in [0.15, 0.2) is 42.5 Å². The van der Waals surface area contributed by atoms with E-state index in [9.17, 15) is 9.59 Å². The van der Waals surface area contributed by atoms with Crippen molar-refractivity contribution in [2.75, 3.05) is 50.1 Å². The highest BCUT2D eigenvalue weighted by molar-refractivity contribution is 5.86. The number of fused-ring (bicyclic) bond motifs is 1. The molecule has 212 valence electrons. The van der Waals surface area contributed by atoms with Gasteiger partial charge in [-0.25, -0.2) is 9.78 Å². The smallest absolute Gasteiger partial charge is 0.411 e. The topological polar surface area (TPSA) is 97.7 Å². The molecule has 1 amide bonds. The Balaban J connectivity index is 1.59. The van der Waals surface area contributed by atoms with Gasteiger partial charge < -0.3 is 24.3 Å². The van der Waals surface area contributed by atoms with E-state index >= 15 is 0 Å². The third-order valence-electron chi connectivity index (χ3n) is 7.10. The van der Waals surface area contributed by atoms with Crippen molar-refractivity contribution < 1.29 is 19.1 Å². The standard InChI is InChI=1S/C30H43N5O4/c1-7-30(4,5)28(36)38-20-18-35-26-12-10-9-11-25(26)32-27(35)15-19-39-29(37)33-24-14-13-23(21-22(24)3)34(8-2)17-16-31-6/h9-14,21,31H,7-8,15-20H2,1-6H3,(H,33,37). The maximum atomic E-state index is 12.6. The Kier molecular flexibility index (Phi) is 10.7. The molecule has 0 bridgehead atoms. The number of para-hydroxylation sites is 2. The van der Waals surface area contributed by atoms with Crippen molar-refractivity contribution in [2.24, 2.45) is 5.41 Å².